The molecule has 19 heavy (non-hydrogen) atoms. The number of ether oxygens (including phenoxy) is 1. The minimum atomic E-state index is -1.73. The smallest absolute Gasteiger partial charge is 0.250 e. The molecule has 1 unspecified atom stereocenters. The van der Waals surface area contributed by atoms with E-state index in [0.29, 0.717) is 0 Å². The van der Waals surface area contributed by atoms with Crippen molar-refractivity contribution in [3.05, 3.63) is 29.8 Å². The van der Waals surface area contributed by atoms with Crippen LogP contribution >= 0.6 is 11.8 Å². The molecule has 1 atom stereocenters. The first-order valence-electron chi connectivity index (χ1n) is 6.82. The van der Waals surface area contributed by atoms with E-state index in [-0.39, 0.29) is 10.5 Å². The fraction of sp³-hybridized carbons (Fsp3) is 0.600. The van der Waals surface area contributed by atoms with Gasteiger partial charge in [-0.2, -0.15) is 0 Å². The zero-order valence-corrected chi connectivity index (χ0v) is 14.3. The lowest BCUT2D eigenvalue weighted by Crippen LogP contribution is -2.43. The quantitative estimate of drug-likeness (QED) is 0.744. The second kappa shape index (κ2) is 5.50. The molecule has 2 nitrogen and oxygen atoms in total. The third kappa shape index (κ3) is 3.55. The Morgan fingerprint density at radius 3 is 2.32 bits per heavy atom. The largest absolute Gasteiger partial charge is 0.544 e. The van der Waals surface area contributed by atoms with Crippen molar-refractivity contribution in [2.75, 3.05) is 12.4 Å². The molecule has 0 aliphatic carbocycles. The molecule has 0 bridgehead atoms. The molecule has 0 saturated carbocycles. The molecule has 1 aromatic carbocycles. The van der Waals surface area contributed by atoms with Crippen molar-refractivity contribution >= 4 is 20.1 Å². The zero-order chi connectivity index (χ0) is 14.1. The molecule has 1 aliphatic rings. The van der Waals surface area contributed by atoms with Gasteiger partial charge in [-0.05, 0) is 35.8 Å². The Hall–Kier alpha value is -0.453. The molecule has 1 heterocycles. The SMILES string of the molecule is CC(C)(C)[Si](C)(C)Oc1ccc(C2OCCS2)cc1. The van der Waals surface area contributed by atoms with Crippen molar-refractivity contribution in [2.24, 2.45) is 0 Å². The lowest BCUT2D eigenvalue weighted by Gasteiger charge is -2.36. The summed E-state index contributed by atoms with van der Waals surface area (Å²) < 4.78 is 11.9. The maximum absolute atomic E-state index is 6.28. The molecule has 0 amide bonds. The van der Waals surface area contributed by atoms with Crippen LogP contribution in [0.5, 0.6) is 5.75 Å². The highest BCUT2D eigenvalue weighted by molar-refractivity contribution is 7.99. The van der Waals surface area contributed by atoms with Crippen molar-refractivity contribution in [3.63, 3.8) is 0 Å². The fourth-order valence-corrected chi connectivity index (χ4v) is 3.67. The Bertz CT molecular complexity index is 417. The van der Waals surface area contributed by atoms with Crippen LogP contribution in [-0.4, -0.2) is 20.7 Å². The highest BCUT2D eigenvalue weighted by Gasteiger charge is 2.38. The highest BCUT2D eigenvalue weighted by atomic mass is 32.2. The average Bonchev–Trinajstić information content (AvgIpc) is 2.81. The summed E-state index contributed by atoms with van der Waals surface area (Å²) in [6.07, 6.45) is 0. The second-order valence-electron chi connectivity index (χ2n) is 6.50. The Labute approximate surface area is 122 Å². The summed E-state index contributed by atoms with van der Waals surface area (Å²) in [6.45, 7) is 12.2. The predicted octanol–water partition coefficient (Wildman–Crippen LogP) is 4.83. The van der Waals surface area contributed by atoms with Crippen LogP contribution in [-0.2, 0) is 4.74 Å². The van der Waals surface area contributed by atoms with E-state index in [9.17, 15) is 0 Å². The van der Waals surface area contributed by atoms with Gasteiger partial charge in [0.05, 0.1) is 6.61 Å². The summed E-state index contributed by atoms with van der Waals surface area (Å²) in [5.74, 6) is 2.07. The topological polar surface area (TPSA) is 18.5 Å². The van der Waals surface area contributed by atoms with E-state index < -0.39 is 8.32 Å². The van der Waals surface area contributed by atoms with E-state index in [2.05, 4.69) is 58.1 Å². The molecule has 1 aromatic rings. The summed E-state index contributed by atoms with van der Waals surface area (Å²) in [7, 11) is -1.73. The molecule has 2 rings (SSSR count). The van der Waals surface area contributed by atoms with Gasteiger partial charge in [0.2, 0.25) is 8.32 Å². The lowest BCUT2D eigenvalue weighted by molar-refractivity contribution is 0.145. The first kappa shape index (κ1) is 14.9. The van der Waals surface area contributed by atoms with E-state index >= 15 is 0 Å². The molecule has 4 heteroatoms. The van der Waals surface area contributed by atoms with Crippen LogP contribution in [0.25, 0.3) is 0 Å². The van der Waals surface area contributed by atoms with Crippen LogP contribution in [0.4, 0.5) is 0 Å². The standard InChI is InChI=1S/C15H24O2SSi/c1-15(2,3)19(4,5)17-13-8-6-12(7-9-13)14-16-10-11-18-14/h6-9,14H,10-11H2,1-5H3. The van der Waals surface area contributed by atoms with Crippen LogP contribution in [0, 0.1) is 0 Å². The summed E-state index contributed by atoms with van der Waals surface area (Å²) in [4.78, 5) is 0. The van der Waals surface area contributed by atoms with Crippen LogP contribution in [0.2, 0.25) is 18.1 Å². The maximum atomic E-state index is 6.28. The Kier molecular flexibility index (Phi) is 4.33. The predicted molar refractivity (Wildman–Crippen MR) is 85.4 cm³/mol. The van der Waals surface area contributed by atoms with Crippen LogP contribution in [0.15, 0.2) is 24.3 Å². The van der Waals surface area contributed by atoms with E-state index in [0.717, 1.165) is 18.1 Å². The van der Waals surface area contributed by atoms with Crippen molar-refractivity contribution in [1.29, 1.82) is 0 Å². The summed E-state index contributed by atoms with van der Waals surface area (Å²) >= 11 is 1.86. The molecule has 1 aliphatic heterocycles. The van der Waals surface area contributed by atoms with Gasteiger partial charge in [0.25, 0.3) is 0 Å². The van der Waals surface area contributed by atoms with Gasteiger partial charge >= 0.3 is 0 Å². The average molecular weight is 297 g/mol. The summed E-state index contributed by atoms with van der Waals surface area (Å²) in [5, 5.41) is 0.232. The summed E-state index contributed by atoms with van der Waals surface area (Å²) in [6, 6.07) is 8.42. The Morgan fingerprint density at radius 2 is 1.84 bits per heavy atom. The minimum Gasteiger partial charge on any atom is -0.544 e. The van der Waals surface area contributed by atoms with Crippen molar-refractivity contribution < 1.29 is 9.16 Å². The Morgan fingerprint density at radius 1 is 1.21 bits per heavy atom. The molecular weight excluding hydrogens is 272 g/mol. The van der Waals surface area contributed by atoms with E-state index in [1.165, 1.54) is 5.56 Å². The molecule has 0 radical (unpaired) electrons. The molecular formula is C15H24O2SSi. The van der Waals surface area contributed by atoms with Gasteiger partial charge in [-0.15, -0.1) is 11.8 Å². The third-order valence-corrected chi connectivity index (χ3v) is 9.42. The zero-order valence-electron chi connectivity index (χ0n) is 12.5. The molecule has 1 saturated heterocycles. The second-order valence-corrected chi connectivity index (χ2v) is 12.4. The van der Waals surface area contributed by atoms with Gasteiger partial charge in [0, 0.05) is 5.75 Å². The molecule has 0 aromatic heterocycles. The first-order chi connectivity index (χ1) is 8.79. The van der Waals surface area contributed by atoms with Crippen molar-refractivity contribution in [2.45, 2.75) is 44.3 Å². The Balaban J connectivity index is 2.06. The van der Waals surface area contributed by atoms with Crippen LogP contribution < -0.4 is 4.43 Å². The number of thioether (sulfide) groups is 1. The molecule has 1 fully saturated rings. The fourth-order valence-electron chi connectivity index (χ4n) is 1.69. The first-order valence-corrected chi connectivity index (χ1v) is 10.8. The van der Waals surface area contributed by atoms with Gasteiger partial charge in [0.1, 0.15) is 11.2 Å². The van der Waals surface area contributed by atoms with Gasteiger partial charge < -0.3 is 9.16 Å². The van der Waals surface area contributed by atoms with Crippen molar-refractivity contribution in [1.82, 2.24) is 0 Å². The van der Waals surface area contributed by atoms with Crippen molar-refractivity contribution in [3.8, 4) is 5.75 Å². The third-order valence-electron chi connectivity index (χ3n) is 3.95. The number of rotatable bonds is 3. The minimum absolute atomic E-state index is 0.210. The number of hydrogen-bond donors (Lipinski definition) is 0. The molecule has 0 spiro atoms. The van der Waals surface area contributed by atoms with E-state index in [1.54, 1.807) is 0 Å². The normalized spacial score (nSPS) is 20.6. The van der Waals surface area contributed by atoms with Gasteiger partial charge in [0.15, 0.2) is 0 Å². The van der Waals surface area contributed by atoms with Crippen LogP contribution in [0.1, 0.15) is 31.8 Å². The molecule has 106 valence electrons. The van der Waals surface area contributed by atoms with E-state index in [4.69, 9.17) is 9.16 Å². The molecule has 0 N–H and O–H groups in total. The van der Waals surface area contributed by atoms with E-state index in [1.807, 2.05) is 11.8 Å². The van der Waals surface area contributed by atoms with Gasteiger partial charge in [-0.3, -0.25) is 0 Å². The highest BCUT2D eigenvalue weighted by Crippen LogP contribution is 2.39. The number of hydrogen-bond acceptors (Lipinski definition) is 3. The maximum Gasteiger partial charge on any atom is 0.250 e. The number of benzene rings is 1. The lowest BCUT2D eigenvalue weighted by atomic mass is 10.2. The summed E-state index contributed by atoms with van der Waals surface area (Å²) in [5.41, 5.74) is 1.45. The monoisotopic (exact) mass is 296 g/mol. The van der Waals surface area contributed by atoms with Gasteiger partial charge in [-0.25, -0.2) is 0 Å². The van der Waals surface area contributed by atoms with Gasteiger partial charge in [-0.1, -0.05) is 32.9 Å². The van der Waals surface area contributed by atoms with Crippen LogP contribution in [0.3, 0.4) is 0 Å².